The number of amides is 3. The zero-order valence-corrected chi connectivity index (χ0v) is 23.1. The Morgan fingerprint density at radius 3 is 2.59 bits per heavy atom. The number of nitrogens with one attached hydrogen (secondary N) is 2. The van der Waals surface area contributed by atoms with Crippen LogP contribution in [0.15, 0.2) is 58.5 Å². The number of methoxy groups -OCH3 is 2. The molecular formula is C28H33N5O5S. The van der Waals surface area contributed by atoms with Crippen molar-refractivity contribution in [2.75, 3.05) is 27.4 Å². The van der Waals surface area contributed by atoms with E-state index in [0.717, 1.165) is 11.3 Å². The molecule has 0 aromatic heterocycles. The molecule has 206 valence electrons. The van der Waals surface area contributed by atoms with E-state index < -0.39 is 11.3 Å². The van der Waals surface area contributed by atoms with Crippen molar-refractivity contribution in [3.63, 3.8) is 0 Å². The predicted molar refractivity (Wildman–Crippen MR) is 151 cm³/mol. The van der Waals surface area contributed by atoms with Crippen LogP contribution in [0.1, 0.15) is 37.3 Å². The molecule has 10 nitrogen and oxygen atoms in total. The topological polar surface area (TPSA) is 122 Å². The summed E-state index contributed by atoms with van der Waals surface area (Å²) < 4.78 is 10.2. The number of hydrogen-bond donors (Lipinski definition) is 2. The number of nitrogens with zero attached hydrogens (tertiary/aromatic N) is 3. The van der Waals surface area contributed by atoms with Gasteiger partial charge in [0.25, 0.3) is 5.91 Å². The number of ether oxygens (including phenoxy) is 2. The van der Waals surface area contributed by atoms with E-state index in [1.165, 1.54) is 16.7 Å². The van der Waals surface area contributed by atoms with E-state index >= 15 is 0 Å². The predicted octanol–water partition coefficient (Wildman–Crippen LogP) is 3.02. The average Bonchev–Trinajstić information content (AvgIpc) is 3.28. The molecule has 0 saturated carbocycles. The number of carbonyl (C=O) groups excluding carboxylic acids is 3. The second kappa shape index (κ2) is 13.4. The van der Waals surface area contributed by atoms with Gasteiger partial charge >= 0.3 is 0 Å². The fraction of sp³-hybridized carbons (Fsp3) is 0.393. The molecule has 0 spiro atoms. The molecule has 0 radical (unpaired) electrons. The van der Waals surface area contributed by atoms with E-state index in [1.54, 1.807) is 14.2 Å². The van der Waals surface area contributed by atoms with E-state index in [1.807, 2.05) is 55.5 Å². The van der Waals surface area contributed by atoms with E-state index in [-0.39, 0.29) is 24.1 Å². The van der Waals surface area contributed by atoms with Crippen molar-refractivity contribution in [1.82, 2.24) is 15.5 Å². The quantitative estimate of drug-likeness (QED) is 0.391. The summed E-state index contributed by atoms with van der Waals surface area (Å²) in [6, 6.07) is 13.9. The highest BCUT2D eigenvalue weighted by molar-refractivity contribution is 8.15. The molecule has 0 bridgehead atoms. The number of para-hydroxylation sites is 1. The molecule has 0 fully saturated rings. The highest BCUT2D eigenvalue weighted by atomic mass is 32.2. The van der Waals surface area contributed by atoms with Crippen LogP contribution in [0.2, 0.25) is 0 Å². The van der Waals surface area contributed by atoms with Crippen LogP contribution in [-0.2, 0) is 25.7 Å². The number of thioether (sulfide) groups is 1. The van der Waals surface area contributed by atoms with Crippen molar-refractivity contribution in [3.8, 4) is 5.75 Å². The van der Waals surface area contributed by atoms with Crippen molar-refractivity contribution in [2.24, 2.45) is 9.98 Å². The van der Waals surface area contributed by atoms with Gasteiger partial charge in [0.05, 0.1) is 24.5 Å². The summed E-state index contributed by atoms with van der Waals surface area (Å²) in [6.45, 7) is 3.31. The van der Waals surface area contributed by atoms with Crippen molar-refractivity contribution in [2.45, 2.75) is 44.0 Å². The molecule has 39 heavy (non-hydrogen) atoms. The van der Waals surface area contributed by atoms with Gasteiger partial charge in [-0.2, -0.15) is 0 Å². The molecule has 2 N–H and O–H groups in total. The lowest BCUT2D eigenvalue weighted by molar-refractivity contribution is -0.128. The molecule has 11 heteroatoms. The summed E-state index contributed by atoms with van der Waals surface area (Å²) in [5.74, 6) is 0.449. The van der Waals surface area contributed by atoms with Gasteiger partial charge in [0.2, 0.25) is 11.8 Å². The number of rotatable bonds is 12. The number of carbonyl (C=O) groups is 3. The van der Waals surface area contributed by atoms with Crippen molar-refractivity contribution in [1.29, 1.82) is 0 Å². The van der Waals surface area contributed by atoms with Crippen LogP contribution in [-0.4, -0.2) is 72.3 Å². The van der Waals surface area contributed by atoms with Gasteiger partial charge in [-0.15, -0.1) is 0 Å². The van der Waals surface area contributed by atoms with E-state index in [9.17, 15) is 14.4 Å². The van der Waals surface area contributed by atoms with Crippen LogP contribution >= 0.6 is 11.8 Å². The third kappa shape index (κ3) is 6.85. The maximum atomic E-state index is 13.5. The molecule has 2 aliphatic heterocycles. The Morgan fingerprint density at radius 2 is 1.87 bits per heavy atom. The molecule has 0 saturated heterocycles. The molecule has 4 rings (SSSR count). The van der Waals surface area contributed by atoms with Gasteiger partial charge in [-0.25, -0.2) is 9.89 Å². The molecule has 2 atom stereocenters. The summed E-state index contributed by atoms with van der Waals surface area (Å²) in [5, 5.41) is 5.73. The van der Waals surface area contributed by atoms with E-state index in [4.69, 9.17) is 14.5 Å². The van der Waals surface area contributed by atoms with Gasteiger partial charge in [0.1, 0.15) is 17.6 Å². The van der Waals surface area contributed by atoms with Gasteiger partial charge in [0.15, 0.2) is 5.17 Å². The second-order valence-electron chi connectivity index (χ2n) is 9.03. The Kier molecular flexibility index (Phi) is 9.72. The largest absolute Gasteiger partial charge is 0.497 e. The number of aliphatic imine (C=N–C) groups is 2. The zero-order valence-electron chi connectivity index (χ0n) is 22.3. The lowest BCUT2D eigenvalue weighted by atomic mass is 10.1. The Morgan fingerprint density at radius 1 is 1.10 bits per heavy atom. The van der Waals surface area contributed by atoms with E-state index in [0.29, 0.717) is 54.8 Å². The first kappa shape index (κ1) is 28.3. The smallest absolute Gasteiger partial charge is 0.259 e. The van der Waals surface area contributed by atoms with E-state index in [2.05, 4.69) is 15.6 Å². The Bertz CT molecular complexity index is 1260. The number of fused-ring (bicyclic) bond motifs is 3. The van der Waals surface area contributed by atoms with Crippen molar-refractivity contribution < 1.29 is 23.9 Å². The van der Waals surface area contributed by atoms with Gasteiger partial charge in [0, 0.05) is 32.4 Å². The highest BCUT2D eigenvalue weighted by Crippen LogP contribution is 2.35. The van der Waals surface area contributed by atoms with Crippen molar-refractivity contribution >= 4 is 46.2 Å². The van der Waals surface area contributed by atoms with Crippen LogP contribution in [0.5, 0.6) is 5.75 Å². The average molecular weight is 552 g/mol. The van der Waals surface area contributed by atoms with Crippen LogP contribution in [0.4, 0.5) is 5.69 Å². The van der Waals surface area contributed by atoms with Gasteiger partial charge < -0.3 is 20.1 Å². The number of hydrogen-bond acceptors (Lipinski definition) is 8. The van der Waals surface area contributed by atoms with Gasteiger partial charge in [-0.05, 0) is 42.7 Å². The Balaban J connectivity index is 1.46. The SMILES string of the molecule is CC[C@@H](SC1=Nc2ccccc2C2=N[C@H](CC(=O)NCc3ccc(OC)cc3)C(=O)N12)C(=O)NCCCOC. The molecule has 2 heterocycles. The Labute approximate surface area is 232 Å². The third-order valence-electron chi connectivity index (χ3n) is 6.31. The highest BCUT2D eigenvalue weighted by Gasteiger charge is 2.43. The minimum atomic E-state index is -0.879. The standard InChI is InChI=1S/C28H33N5O5S/c1-4-23(26(35)29-14-7-15-37-2)39-28-32-21-9-6-5-8-20(21)25-31-22(27(36)33(25)28)16-24(34)30-17-18-10-12-19(38-3)13-11-18/h5-6,8-13,22-23H,4,7,14-17H2,1-3H3,(H,29,35)(H,30,34)/t22-,23-/m1/s1. The first-order chi connectivity index (χ1) is 18.9. The minimum absolute atomic E-state index is 0.0910. The van der Waals surface area contributed by atoms with Crippen LogP contribution in [0.3, 0.4) is 0 Å². The lowest BCUT2D eigenvalue weighted by Gasteiger charge is -2.27. The molecule has 2 aromatic rings. The zero-order chi connectivity index (χ0) is 27.8. The second-order valence-corrected chi connectivity index (χ2v) is 10.2. The number of benzene rings is 2. The molecule has 2 aliphatic rings. The summed E-state index contributed by atoms with van der Waals surface area (Å²) in [5.41, 5.74) is 2.30. The molecule has 3 amide bonds. The monoisotopic (exact) mass is 551 g/mol. The maximum Gasteiger partial charge on any atom is 0.259 e. The minimum Gasteiger partial charge on any atom is -0.497 e. The molecular weight excluding hydrogens is 518 g/mol. The summed E-state index contributed by atoms with van der Waals surface area (Å²) in [4.78, 5) is 50.0. The normalized spacial score (nSPS) is 16.5. The van der Waals surface area contributed by atoms with Gasteiger partial charge in [-0.3, -0.25) is 19.4 Å². The Hall–Kier alpha value is -3.70. The summed E-state index contributed by atoms with van der Waals surface area (Å²) in [7, 11) is 3.22. The van der Waals surface area contributed by atoms with Crippen LogP contribution in [0, 0.1) is 0 Å². The molecule has 0 aliphatic carbocycles. The van der Waals surface area contributed by atoms with Crippen LogP contribution in [0.25, 0.3) is 0 Å². The van der Waals surface area contributed by atoms with Crippen molar-refractivity contribution in [3.05, 3.63) is 59.7 Å². The molecule has 0 unspecified atom stereocenters. The fourth-order valence-corrected chi connectivity index (χ4v) is 5.24. The number of amidine groups is 2. The lowest BCUT2D eigenvalue weighted by Crippen LogP contribution is -2.44. The van der Waals surface area contributed by atoms with Crippen LogP contribution < -0.4 is 15.4 Å². The molecule has 2 aromatic carbocycles. The maximum absolute atomic E-state index is 13.5. The van der Waals surface area contributed by atoms with Gasteiger partial charge in [-0.1, -0.05) is 43.0 Å². The third-order valence-corrected chi connectivity index (χ3v) is 7.63. The first-order valence-corrected chi connectivity index (χ1v) is 13.8. The summed E-state index contributed by atoms with van der Waals surface area (Å²) in [6.07, 6.45) is 1.17. The first-order valence-electron chi connectivity index (χ1n) is 12.9. The fourth-order valence-electron chi connectivity index (χ4n) is 4.20. The summed E-state index contributed by atoms with van der Waals surface area (Å²) >= 11 is 1.23.